The molecule has 0 saturated heterocycles. The summed E-state index contributed by atoms with van der Waals surface area (Å²) in [5.41, 5.74) is 2.65. The van der Waals surface area contributed by atoms with Gasteiger partial charge in [0.25, 0.3) is 0 Å². The molecule has 4 rings (SSSR count). The van der Waals surface area contributed by atoms with Crippen molar-refractivity contribution < 1.29 is 0 Å². The molecule has 0 atom stereocenters. The van der Waals surface area contributed by atoms with E-state index in [2.05, 4.69) is 16.7 Å². The smallest absolute Gasteiger partial charge is 0.111 e. The third-order valence-electron chi connectivity index (χ3n) is 4.74. The van der Waals surface area contributed by atoms with Crippen LogP contribution in [0.15, 0.2) is 18.2 Å². The Hall–Kier alpha value is -1.53. The molecule has 2 fully saturated rings. The van der Waals surface area contributed by atoms with Crippen molar-refractivity contribution in [1.82, 2.24) is 9.55 Å². The molecule has 2 aliphatic rings. The second-order valence-corrected chi connectivity index (χ2v) is 6.67. The Labute approximate surface area is 129 Å². The normalized spacial score (nSPS) is 18.3. The van der Waals surface area contributed by atoms with Crippen molar-refractivity contribution in [3.8, 4) is 6.07 Å². The van der Waals surface area contributed by atoms with Crippen molar-refractivity contribution in [3.63, 3.8) is 0 Å². The lowest BCUT2D eigenvalue weighted by atomic mass is 10.1. The summed E-state index contributed by atoms with van der Waals surface area (Å²) in [6.07, 6.45) is 6.10. The van der Waals surface area contributed by atoms with Gasteiger partial charge in [0.1, 0.15) is 17.4 Å². The van der Waals surface area contributed by atoms with Crippen LogP contribution in [-0.2, 0) is 6.42 Å². The SMILES string of the molecule is N#Cc1cccc2c1nc(CCCl)n2C(C1CC1)C1CC1. The molecule has 0 aliphatic heterocycles. The van der Waals surface area contributed by atoms with Gasteiger partial charge in [0.15, 0.2) is 0 Å². The molecule has 1 aromatic heterocycles. The molecule has 1 aromatic carbocycles. The number of alkyl halides is 1. The lowest BCUT2D eigenvalue weighted by Crippen LogP contribution is -2.16. The molecule has 4 heteroatoms. The second kappa shape index (κ2) is 5.03. The molecule has 2 aliphatic carbocycles. The molecular weight excluding hydrogens is 282 g/mol. The molecule has 0 bridgehead atoms. The van der Waals surface area contributed by atoms with Gasteiger partial charge in [0.2, 0.25) is 0 Å². The summed E-state index contributed by atoms with van der Waals surface area (Å²) in [6.45, 7) is 0. The number of imidazole rings is 1. The minimum absolute atomic E-state index is 0.571. The lowest BCUT2D eigenvalue weighted by molar-refractivity contribution is 0.393. The minimum Gasteiger partial charge on any atom is -0.324 e. The fourth-order valence-electron chi connectivity index (χ4n) is 3.53. The number of nitriles is 1. The summed E-state index contributed by atoms with van der Waals surface area (Å²) >= 11 is 5.99. The van der Waals surface area contributed by atoms with Crippen LogP contribution in [0.5, 0.6) is 0 Å². The molecule has 1 heterocycles. The van der Waals surface area contributed by atoms with E-state index < -0.39 is 0 Å². The number of rotatable bonds is 5. The molecule has 0 unspecified atom stereocenters. The zero-order valence-electron chi connectivity index (χ0n) is 11.9. The third-order valence-corrected chi connectivity index (χ3v) is 4.93. The van der Waals surface area contributed by atoms with Gasteiger partial charge >= 0.3 is 0 Å². The maximum absolute atomic E-state index is 9.32. The van der Waals surface area contributed by atoms with Gasteiger partial charge < -0.3 is 4.57 Å². The monoisotopic (exact) mass is 299 g/mol. The van der Waals surface area contributed by atoms with Crippen LogP contribution in [0.3, 0.4) is 0 Å². The first-order valence-electron chi connectivity index (χ1n) is 7.79. The van der Waals surface area contributed by atoms with E-state index in [0.29, 0.717) is 17.5 Å². The van der Waals surface area contributed by atoms with Crippen LogP contribution in [0.25, 0.3) is 11.0 Å². The largest absolute Gasteiger partial charge is 0.324 e. The number of nitrogens with zero attached hydrogens (tertiary/aromatic N) is 3. The van der Waals surface area contributed by atoms with Crippen molar-refractivity contribution in [2.24, 2.45) is 11.8 Å². The Morgan fingerprint density at radius 1 is 1.29 bits per heavy atom. The highest BCUT2D eigenvalue weighted by Crippen LogP contribution is 2.53. The molecule has 2 saturated carbocycles. The maximum atomic E-state index is 9.32. The van der Waals surface area contributed by atoms with Crippen molar-refractivity contribution in [1.29, 1.82) is 5.26 Å². The number of hydrogen-bond donors (Lipinski definition) is 0. The first-order chi connectivity index (χ1) is 10.3. The van der Waals surface area contributed by atoms with Crippen molar-refractivity contribution >= 4 is 22.6 Å². The fraction of sp³-hybridized carbons (Fsp3) is 0.529. The van der Waals surface area contributed by atoms with E-state index in [1.54, 1.807) is 0 Å². The van der Waals surface area contributed by atoms with Crippen LogP contribution in [0.1, 0.15) is 43.1 Å². The van der Waals surface area contributed by atoms with Gasteiger partial charge in [-0.3, -0.25) is 0 Å². The number of hydrogen-bond acceptors (Lipinski definition) is 2. The first-order valence-corrected chi connectivity index (χ1v) is 8.33. The minimum atomic E-state index is 0.571. The Kier molecular flexibility index (Phi) is 3.15. The molecular formula is C17H18ClN3. The van der Waals surface area contributed by atoms with E-state index in [1.165, 1.54) is 25.7 Å². The number of para-hydroxylation sites is 1. The predicted molar refractivity (Wildman–Crippen MR) is 83.4 cm³/mol. The van der Waals surface area contributed by atoms with Gasteiger partial charge in [-0.1, -0.05) is 6.07 Å². The molecule has 3 nitrogen and oxygen atoms in total. The molecule has 2 aromatic rings. The third kappa shape index (κ3) is 2.22. The van der Waals surface area contributed by atoms with Gasteiger partial charge in [0.05, 0.1) is 11.1 Å². The van der Waals surface area contributed by atoms with E-state index >= 15 is 0 Å². The Morgan fingerprint density at radius 2 is 2.00 bits per heavy atom. The molecule has 0 spiro atoms. The van der Waals surface area contributed by atoms with E-state index in [0.717, 1.165) is 35.1 Å². The summed E-state index contributed by atoms with van der Waals surface area (Å²) in [5.74, 6) is 3.24. The molecule has 0 radical (unpaired) electrons. The Morgan fingerprint density at radius 3 is 2.57 bits per heavy atom. The lowest BCUT2D eigenvalue weighted by Gasteiger charge is -2.21. The number of fused-ring (bicyclic) bond motifs is 1. The topological polar surface area (TPSA) is 41.6 Å². The zero-order valence-corrected chi connectivity index (χ0v) is 12.7. The maximum Gasteiger partial charge on any atom is 0.111 e. The van der Waals surface area contributed by atoms with Crippen molar-refractivity contribution in [3.05, 3.63) is 29.6 Å². The number of benzene rings is 1. The van der Waals surface area contributed by atoms with Crippen LogP contribution in [-0.4, -0.2) is 15.4 Å². The van der Waals surface area contributed by atoms with Gasteiger partial charge in [0, 0.05) is 18.3 Å². The Balaban J connectivity index is 1.92. The fourth-order valence-corrected chi connectivity index (χ4v) is 3.70. The number of halogens is 1. The van der Waals surface area contributed by atoms with Gasteiger partial charge in [-0.05, 0) is 49.7 Å². The summed E-state index contributed by atoms with van der Waals surface area (Å²) in [6, 6.07) is 8.78. The molecule has 21 heavy (non-hydrogen) atoms. The van der Waals surface area contributed by atoms with Crippen molar-refractivity contribution in [2.75, 3.05) is 5.88 Å². The standard InChI is InChI=1S/C17H18ClN3/c18-9-8-15-20-16-13(10-19)2-1-3-14(16)21(15)17(11-4-5-11)12-6-7-12/h1-3,11-12,17H,4-9H2. The zero-order chi connectivity index (χ0) is 14.4. The van der Waals surface area contributed by atoms with E-state index in [-0.39, 0.29) is 0 Å². The van der Waals surface area contributed by atoms with Crippen LogP contribution in [0.2, 0.25) is 0 Å². The average Bonchev–Trinajstić information content (AvgIpc) is 3.39. The van der Waals surface area contributed by atoms with Crippen LogP contribution >= 0.6 is 11.6 Å². The van der Waals surface area contributed by atoms with Crippen LogP contribution in [0.4, 0.5) is 0 Å². The number of aromatic nitrogens is 2. The van der Waals surface area contributed by atoms with Gasteiger partial charge in [-0.2, -0.15) is 5.26 Å². The summed E-state index contributed by atoms with van der Waals surface area (Å²) in [4.78, 5) is 4.77. The highest BCUT2D eigenvalue weighted by molar-refractivity contribution is 6.17. The van der Waals surface area contributed by atoms with Crippen LogP contribution < -0.4 is 0 Å². The quantitative estimate of drug-likeness (QED) is 0.782. The Bertz CT molecular complexity index is 707. The first kappa shape index (κ1) is 13.2. The molecule has 0 amide bonds. The average molecular weight is 300 g/mol. The summed E-state index contributed by atoms with van der Waals surface area (Å²) in [7, 11) is 0. The highest BCUT2D eigenvalue weighted by atomic mass is 35.5. The van der Waals surface area contributed by atoms with E-state index in [4.69, 9.17) is 16.6 Å². The van der Waals surface area contributed by atoms with Gasteiger partial charge in [-0.25, -0.2) is 4.98 Å². The van der Waals surface area contributed by atoms with E-state index in [1.807, 2.05) is 12.1 Å². The van der Waals surface area contributed by atoms with Gasteiger partial charge in [-0.15, -0.1) is 11.6 Å². The summed E-state index contributed by atoms with van der Waals surface area (Å²) in [5, 5.41) is 9.32. The second-order valence-electron chi connectivity index (χ2n) is 6.29. The molecule has 0 N–H and O–H groups in total. The summed E-state index contributed by atoms with van der Waals surface area (Å²) < 4.78 is 2.42. The number of aryl methyl sites for hydroxylation is 1. The molecule has 108 valence electrons. The van der Waals surface area contributed by atoms with E-state index in [9.17, 15) is 5.26 Å². The predicted octanol–water partition coefficient (Wildman–Crippen LogP) is 4.05. The van der Waals surface area contributed by atoms with Crippen molar-refractivity contribution in [2.45, 2.75) is 38.1 Å². The highest BCUT2D eigenvalue weighted by Gasteiger charge is 2.43. The van der Waals surface area contributed by atoms with Crippen LogP contribution in [0, 0.1) is 23.2 Å².